The Hall–Kier alpha value is -1.85. The lowest BCUT2D eigenvalue weighted by atomic mass is 10.0. The van der Waals surface area contributed by atoms with Crippen LogP contribution in [0.3, 0.4) is 0 Å². The molecule has 0 saturated heterocycles. The van der Waals surface area contributed by atoms with Gasteiger partial charge in [-0.05, 0) is 26.2 Å². The molecule has 0 radical (unpaired) electrons. The average Bonchev–Trinajstić information content (AvgIpc) is 2.37. The average molecular weight is 280 g/mol. The van der Waals surface area contributed by atoms with Crippen LogP contribution >= 0.6 is 0 Å². The van der Waals surface area contributed by atoms with Crippen molar-refractivity contribution in [2.75, 3.05) is 23.8 Å². The molecule has 1 heterocycles. The van der Waals surface area contributed by atoms with Gasteiger partial charge in [-0.3, -0.25) is 10.1 Å². The first kappa shape index (κ1) is 16.2. The number of hydrogen-bond donors (Lipinski definition) is 1. The first-order chi connectivity index (χ1) is 9.35. The second-order valence-corrected chi connectivity index (χ2v) is 5.45. The van der Waals surface area contributed by atoms with Crippen molar-refractivity contribution in [2.45, 2.75) is 40.2 Å². The first-order valence-corrected chi connectivity index (χ1v) is 6.98. The zero-order valence-corrected chi connectivity index (χ0v) is 12.9. The predicted molar refractivity (Wildman–Crippen MR) is 82.4 cm³/mol. The van der Waals surface area contributed by atoms with Gasteiger partial charge in [0.1, 0.15) is 11.6 Å². The van der Waals surface area contributed by atoms with Gasteiger partial charge in [0.2, 0.25) is 0 Å². The summed E-state index contributed by atoms with van der Waals surface area (Å²) in [6, 6.07) is 3.27. The third kappa shape index (κ3) is 4.36. The van der Waals surface area contributed by atoms with Crippen LogP contribution in [0.2, 0.25) is 0 Å². The van der Waals surface area contributed by atoms with Gasteiger partial charge < -0.3 is 10.2 Å². The highest BCUT2D eigenvalue weighted by Crippen LogP contribution is 2.25. The normalized spacial score (nSPS) is 12.3. The Morgan fingerprint density at radius 3 is 2.55 bits per heavy atom. The summed E-state index contributed by atoms with van der Waals surface area (Å²) in [7, 11) is 1.93. The van der Waals surface area contributed by atoms with E-state index in [1.54, 1.807) is 0 Å². The Labute approximate surface area is 120 Å². The zero-order chi connectivity index (χ0) is 15.3. The van der Waals surface area contributed by atoms with Gasteiger partial charge in [-0.15, -0.1) is 0 Å². The lowest BCUT2D eigenvalue weighted by Gasteiger charge is -2.27. The van der Waals surface area contributed by atoms with Gasteiger partial charge >= 0.3 is 0 Å². The molecule has 1 N–H and O–H groups in total. The number of pyridine rings is 1. The van der Waals surface area contributed by atoms with Crippen LogP contribution < -0.4 is 10.2 Å². The maximum atomic E-state index is 11.0. The third-order valence-corrected chi connectivity index (χ3v) is 3.20. The molecule has 0 saturated carbocycles. The van der Waals surface area contributed by atoms with Gasteiger partial charge in [0, 0.05) is 19.6 Å². The van der Waals surface area contributed by atoms with Crippen molar-refractivity contribution in [3.8, 4) is 0 Å². The number of nitro groups is 1. The smallest absolute Gasteiger partial charge is 0.276 e. The predicted octanol–water partition coefficient (Wildman–Crippen LogP) is 3.29. The standard InChI is InChI=1S/C14H24N4O2/c1-6-15-13-8-12(18(19)20)9-14(16-13)17(5)11(4)7-10(2)3/h8-11H,6-7H2,1-5H3,(H,15,16). The molecule has 1 rings (SSSR count). The quantitative estimate of drug-likeness (QED) is 0.613. The molecule has 1 atom stereocenters. The highest BCUT2D eigenvalue weighted by molar-refractivity contribution is 5.56. The largest absolute Gasteiger partial charge is 0.370 e. The summed E-state index contributed by atoms with van der Waals surface area (Å²) in [5.41, 5.74) is 0.0644. The molecule has 0 aliphatic carbocycles. The van der Waals surface area contributed by atoms with E-state index in [9.17, 15) is 10.1 Å². The van der Waals surface area contributed by atoms with Crippen LogP contribution in [-0.4, -0.2) is 29.5 Å². The van der Waals surface area contributed by atoms with Gasteiger partial charge in [-0.1, -0.05) is 13.8 Å². The molecule has 1 aromatic rings. The van der Waals surface area contributed by atoms with Gasteiger partial charge in [-0.2, -0.15) is 0 Å². The molecule has 1 aromatic heterocycles. The fourth-order valence-electron chi connectivity index (χ4n) is 2.13. The third-order valence-electron chi connectivity index (χ3n) is 3.20. The molecule has 0 spiro atoms. The summed E-state index contributed by atoms with van der Waals surface area (Å²) in [5, 5.41) is 14.0. The highest BCUT2D eigenvalue weighted by Gasteiger charge is 2.17. The molecule has 0 aliphatic rings. The molecule has 0 fully saturated rings. The topological polar surface area (TPSA) is 71.3 Å². The van der Waals surface area contributed by atoms with Crippen molar-refractivity contribution in [3.63, 3.8) is 0 Å². The fourth-order valence-corrected chi connectivity index (χ4v) is 2.13. The van der Waals surface area contributed by atoms with Gasteiger partial charge in [0.25, 0.3) is 5.69 Å². The van der Waals surface area contributed by atoms with Crippen LogP contribution in [-0.2, 0) is 0 Å². The monoisotopic (exact) mass is 280 g/mol. The van der Waals surface area contributed by atoms with E-state index in [1.165, 1.54) is 12.1 Å². The van der Waals surface area contributed by atoms with E-state index in [2.05, 4.69) is 31.1 Å². The van der Waals surface area contributed by atoms with Crippen LogP contribution in [0.1, 0.15) is 34.1 Å². The van der Waals surface area contributed by atoms with Gasteiger partial charge in [0.15, 0.2) is 0 Å². The van der Waals surface area contributed by atoms with Crippen LogP contribution in [0.25, 0.3) is 0 Å². The summed E-state index contributed by atoms with van der Waals surface area (Å²) in [5.74, 6) is 1.74. The van der Waals surface area contributed by atoms with Crippen LogP contribution in [0.15, 0.2) is 12.1 Å². The SMILES string of the molecule is CCNc1cc([N+](=O)[O-])cc(N(C)C(C)CC(C)C)n1. The minimum absolute atomic E-state index is 0.0644. The van der Waals surface area contributed by atoms with Crippen molar-refractivity contribution < 1.29 is 4.92 Å². The number of hydrogen-bond acceptors (Lipinski definition) is 5. The first-order valence-electron chi connectivity index (χ1n) is 6.98. The Bertz CT molecular complexity index is 462. The van der Waals surface area contributed by atoms with E-state index < -0.39 is 0 Å². The number of aromatic nitrogens is 1. The summed E-state index contributed by atoms with van der Waals surface area (Å²) in [4.78, 5) is 17.1. The molecular weight excluding hydrogens is 256 g/mol. The molecule has 6 heteroatoms. The number of rotatable bonds is 7. The summed E-state index contributed by atoms with van der Waals surface area (Å²) < 4.78 is 0. The van der Waals surface area contributed by atoms with Gasteiger partial charge in [-0.25, -0.2) is 4.98 Å². The molecule has 1 unspecified atom stereocenters. The van der Waals surface area contributed by atoms with E-state index in [4.69, 9.17) is 0 Å². The highest BCUT2D eigenvalue weighted by atomic mass is 16.6. The molecule has 0 amide bonds. The molecule has 6 nitrogen and oxygen atoms in total. The van der Waals surface area contributed by atoms with Crippen molar-refractivity contribution >= 4 is 17.3 Å². The number of nitrogens with one attached hydrogen (secondary N) is 1. The van der Waals surface area contributed by atoms with Gasteiger partial charge in [0.05, 0.1) is 17.1 Å². The van der Waals surface area contributed by atoms with Crippen LogP contribution in [0.4, 0.5) is 17.3 Å². The minimum Gasteiger partial charge on any atom is -0.370 e. The Kier molecular flexibility index (Phi) is 5.73. The Morgan fingerprint density at radius 1 is 1.40 bits per heavy atom. The van der Waals surface area contributed by atoms with Crippen LogP contribution in [0.5, 0.6) is 0 Å². The lowest BCUT2D eigenvalue weighted by molar-refractivity contribution is -0.384. The molecule has 0 aromatic carbocycles. The van der Waals surface area contributed by atoms with Crippen molar-refractivity contribution in [1.82, 2.24) is 4.98 Å². The minimum atomic E-state index is -0.382. The second-order valence-electron chi connectivity index (χ2n) is 5.45. The molecule has 112 valence electrons. The number of nitrogens with zero attached hydrogens (tertiary/aromatic N) is 3. The fraction of sp³-hybridized carbons (Fsp3) is 0.643. The van der Waals surface area contributed by atoms with E-state index in [-0.39, 0.29) is 16.7 Å². The summed E-state index contributed by atoms with van der Waals surface area (Å²) in [6.45, 7) is 9.04. The zero-order valence-electron chi connectivity index (χ0n) is 12.9. The second kappa shape index (κ2) is 7.07. The molecule has 20 heavy (non-hydrogen) atoms. The van der Waals surface area contributed by atoms with Crippen molar-refractivity contribution in [2.24, 2.45) is 5.92 Å². The van der Waals surface area contributed by atoms with E-state index in [1.807, 2.05) is 18.9 Å². The molecule has 0 aliphatic heterocycles. The summed E-state index contributed by atoms with van der Waals surface area (Å²) in [6.07, 6.45) is 1.01. The maximum absolute atomic E-state index is 11.0. The van der Waals surface area contributed by atoms with Crippen molar-refractivity contribution in [3.05, 3.63) is 22.2 Å². The maximum Gasteiger partial charge on any atom is 0.276 e. The lowest BCUT2D eigenvalue weighted by Crippen LogP contribution is -2.31. The summed E-state index contributed by atoms with van der Waals surface area (Å²) >= 11 is 0. The Balaban J connectivity index is 3.05. The van der Waals surface area contributed by atoms with Crippen LogP contribution in [0, 0.1) is 16.0 Å². The van der Waals surface area contributed by atoms with E-state index >= 15 is 0 Å². The molecular formula is C14H24N4O2. The van der Waals surface area contributed by atoms with E-state index in [0.717, 1.165) is 6.42 Å². The van der Waals surface area contributed by atoms with E-state index in [0.29, 0.717) is 24.1 Å². The number of anilines is 2. The Morgan fingerprint density at radius 2 is 2.05 bits per heavy atom. The van der Waals surface area contributed by atoms with Crippen molar-refractivity contribution in [1.29, 1.82) is 0 Å². The molecule has 0 bridgehead atoms.